The highest BCUT2D eigenvalue weighted by molar-refractivity contribution is 5.92. The van der Waals surface area contributed by atoms with Crippen LogP contribution in [0.4, 0.5) is 0 Å². The largest absolute Gasteiger partial charge is 0.483 e. The molecule has 0 aliphatic carbocycles. The quantitative estimate of drug-likeness (QED) is 0.854. The Morgan fingerprint density at radius 3 is 2.70 bits per heavy atom. The van der Waals surface area contributed by atoms with E-state index in [1.165, 1.54) is 0 Å². The van der Waals surface area contributed by atoms with Crippen molar-refractivity contribution in [3.63, 3.8) is 0 Å². The molecule has 3 heteroatoms. The molecule has 3 rings (SSSR count). The van der Waals surface area contributed by atoms with Crippen molar-refractivity contribution in [2.24, 2.45) is 0 Å². The Morgan fingerprint density at radius 1 is 1.25 bits per heavy atom. The van der Waals surface area contributed by atoms with Gasteiger partial charge in [-0.1, -0.05) is 13.8 Å². The van der Waals surface area contributed by atoms with Gasteiger partial charge >= 0.3 is 0 Å². The molecule has 0 fully saturated rings. The van der Waals surface area contributed by atoms with Crippen molar-refractivity contribution in [2.45, 2.75) is 39.2 Å². The monoisotopic (exact) mass is 269 g/mol. The molecule has 1 aromatic carbocycles. The summed E-state index contributed by atoms with van der Waals surface area (Å²) in [4.78, 5) is 14.9. The predicted molar refractivity (Wildman–Crippen MR) is 82.4 cm³/mol. The van der Waals surface area contributed by atoms with Crippen LogP contribution in [-0.2, 0) is 0 Å². The van der Waals surface area contributed by atoms with Gasteiger partial charge < -0.3 is 9.72 Å². The number of hydrogen-bond acceptors (Lipinski definition) is 2. The third-order valence-corrected chi connectivity index (χ3v) is 3.70. The first-order valence-electron chi connectivity index (χ1n) is 6.95. The van der Waals surface area contributed by atoms with E-state index in [4.69, 9.17) is 4.74 Å². The molecule has 1 aliphatic rings. The molecule has 3 nitrogen and oxygen atoms in total. The van der Waals surface area contributed by atoms with E-state index in [2.05, 4.69) is 18.8 Å². The van der Waals surface area contributed by atoms with Crippen LogP contribution in [-0.4, -0.2) is 10.6 Å². The Kier molecular flexibility index (Phi) is 2.75. The molecule has 2 heterocycles. The fourth-order valence-corrected chi connectivity index (χ4v) is 2.69. The van der Waals surface area contributed by atoms with E-state index < -0.39 is 0 Å². The van der Waals surface area contributed by atoms with Crippen molar-refractivity contribution >= 4 is 17.0 Å². The van der Waals surface area contributed by atoms with Gasteiger partial charge in [0.2, 0.25) is 5.56 Å². The van der Waals surface area contributed by atoms with Crippen molar-refractivity contribution in [1.82, 2.24) is 4.98 Å². The van der Waals surface area contributed by atoms with Crippen LogP contribution in [0.3, 0.4) is 0 Å². The number of benzene rings is 1. The SMILES string of the molecule is CC(C)c1cc(=O)[nH]c2c3c(ccc12)OC(C)(C)C=C3. The number of aromatic nitrogens is 1. The number of hydrogen-bond donors (Lipinski definition) is 1. The zero-order chi connectivity index (χ0) is 14.5. The van der Waals surface area contributed by atoms with Crippen molar-refractivity contribution < 1.29 is 4.74 Å². The molecule has 2 aromatic rings. The van der Waals surface area contributed by atoms with Crippen LogP contribution in [0.2, 0.25) is 0 Å². The van der Waals surface area contributed by atoms with E-state index >= 15 is 0 Å². The summed E-state index contributed by atoms with van der Waals surface area (Å²) in [5.41, 5.74) is 2.53. The van der Waals surface area contributed by atoms with E-state index in [0.717, 1.165) is 27.8 Å². The van der Waals surface area contributed by atoms with Crippen LogP contribution < -0.4 is 10.3 Å². The van der Waals surface area contributed by atoms with Crippen molar-refractivity contribution in [3.05, 3.63) is 45.8 Å². The van der Waals surface area contributed by atoms with Crippen LogP contribution in [0.15, 0.2) is 29.1 Å². The maximum atomic E-state index is 11.9. The smallest absolute Gasteiger partial charge is 0.248 e. The Morgan fingerprint density at radius 2 is 2.00 bits per heavy atom. The third kappa shape index (κ3) is 2.03. The molecule has 0 radical (unpaired) electrons. The maximum Gasteiger partial charge on any atom is 0.248 e. The first-order valence-corrected chi connectivity index (χ1v) is 6.95. The van der Waals surface area contributed by atoms with E-state index in [1.54, 1.807) is 6.07 Å². The van der Waals surface area contributed by atoms with Gasteiger partial charge in [0.05, 0.1) is 5.52 Å². The third-order valence-electron chi connectivity index (χ3n) is 3.70. The zero-order valence-electron chi connectivity index (χ0n) is 12.3. The van der Waals surface area contributed by atoms with Crippen LogP contribution in [0.25, 0.3) is 17.0 Å². The minimum Gasteiger partial charge on any atom is -0.483 e. The molecule has 1 aromatic heterocycles. The number of pyridine rings is 1. The molecular weight excluding hydrogens is 250 g/mol. The number of rotatable bonds is 1. The lowest BCUT2D eigenvalue weighted by atomic mass is 9.94. The summed E-state index contributed by atoms with van der Waals surface area (Å²) >= 11 is 0. The van der Waals surface area contributed by atoms with Gasteiger partial charge in [0.25, 0.3) is 0 Å². The van der Waals surface area contributed by atoms with Crippen molar-refractivity contribution in [2.75, 3.05) is 0 Å². The van der Waals surface area contributed by atoms with Crippen LogP contribution in [0.5, 0.6) is 5.75 Å². The highest BCUT2D eigenvalue weighted by Gasteiger charge is 2.23. The minimum atomic E-state index is -0.309. The molecule has 0 spiro atoms. The molecule has 104 valence electrons. The maximum absolute atomic E-state index is 11.9. The molecule has 20 heavy (non-hydrogen) atoms. The molecule has 1 aliphatic heterocycles. The summed E-state index contributed by atoms with van der Waals surface area (Å²) in [6, 6.07) is 5.72. The van der Waals surface area contributed by atoms with Crippen LogP contribution >= 0.6 is 0 Å². The van der Waals surface area contributed by atoms with E-state index in [0.29, 0.717) is 5.92 Å². The predicted octanol–water partition coefficient (Wildman–Crippen LogP) is 3.84. The molecule has 0 unspecified atom stereocenters. The Balaban J connectivity index is 2.35. The highest BCUT2D eigenvalue weighted by atomic mass is 16.5. The Labute approximate surface area is 118 Å². The Hall–Kier alpha value is -2.03. The second-order valence-corrected chi connectivity index (χ2v) is 6.18. The van der Waals surface area contributed by atoms with Gasteiger partial charge in [-0.3, -0.25) is 4.79 Å². The molecule has 0 saturated carbocycles. The Bertz CT molecular complexity index is 766. The number of nitrogens with one attached hydrogen (secondary N) is 1. The lowest BCUT2D eigenvalue weighted by molar-refractivity contribution is 0.159. The van der Waals surface area contributed by atoms with Crippen LogP contribution in [0, 0.1) is 0 Å². The molecular formula is C17H19NO2. The first kappa shape index (κ1) is 13.0. The standard InChI is InChI=1S/C17H19NO2/c1-10(2)13-9-15(19)18-16-11(13)5-6-14-12(16)7-8-17(3,4)20-14/h5-10H,1-4H3,(H,18,19). The fraction of sp³-hybridized carbons (Fsp3) is 0.353. The summed E-state index contributed by atoms with van der Waals surface area (Å²) < 4.78 is 5.96. The van der Waals surface area contributed by atoms with E-state index in [-0.39, 0.29) is 11.2 Å². The van der Waals surface area contributed by atoms with Gasteiger partial charge in [0, 0.05) is 17.0 Å². The summed E-state index contributed by atoms with van der Waals surface area (Å²) in [6.45, 7) is 8.24. The number of aromatic amines is 1. The van der Waals surface area contributed by atoms with Gasteiger partial charge in [0.15, 0.2) is 0 Å². The minimum absolute atomic E-state index is 0.0622. The van der Waals surface area contributed by atoms with Gasteiger partial charge in [-0.15, -0.1) is 0 Å². The summed E-state index contributed by atoms with van der Waals surface area (Å²) in [7, 11) is 0. The van der Waals surface area contributed by atoms with E-state index in [1.807, 2.05) is 38.1 Å². The molecule has 0 amide bonds. The lowest BCUT2D eigenvalue weighted by Crippen LogP contribution is -2.27. The average Bonchev–Trinajstić information content (AvgIpc) is 2.35. The number of H-pyrrole nitrogens is 1. The first-order chi connectivity index (χ1) is 9.37. The second kappa shape index (κ2) is 4.23. The number of fused-ring (bicyclic) bond motifs is 3. The lowest BCUT2D eigenvalue weighted by Gasteiger charge is -2.28. The van der Waals surface area contributed by atoms with Gasteiger partial charge in [-0.2, -0.15) is 0 Å². The topological polar surface area (TPSA) is 42.1 Å². The summed E-state index contributed by atoms with van der Waals surface area (Å²) in [6.07, 6.45) is 4.07. The van der Waals surface area contributed by atoms with Gasteiger partial charge in [0.1, 0.15) is 11.4 Å². The molecule has 0 atom stereocenters. The average molecular weight is 269 g/mol. The summed E-state index contributed by atoms with van der Waals surface area (Å²) in [5, 5.41) is 1.09. The molecule has 0 saturated heterocycles. The van der Waals surface area contributed by atoms with Gasteiger partial charge in [-0.25, -0.2) is 0 Å². The molecule has 1 N–H and O–H groups in total. The summed E-state index contributed by atoms with van der Waals surface area (Å²) in [5.74, 6) is 1.13. The van der Waals surface area contributed by atoms with Crippen LogP contribution in [0.1, 0.15) is 44.7 Å². The van der Waals surface area contributed by atoms with Crippen molar-refractivity contribution in [3.8, 4) is 5.75 Å². The normalized spacial score (nSPS) is 16.2. The highest BCUT2D eigenvalue weighted by Crippen LogP contribution is 2.36. The zero-order valence-corrected chi connectivity index (χ0v) is 12.3. The van der Waals surface area contributed by atoms with E-state index in [9.17, 15) is 4.79 Å². The second-order valence-electron chi connectivity index (χ2n) is 6.18. The molecule has 0 bridgehead atoms. The van der Waals surface area contributed by atoms with Crippen molar-refractivity contribution in [1.29, 1.82) is 0 Å². The van der Waals surface area contributed by atoms with Gasteiger partial charge in [-0.05, 0) is 49.6 Å². The fourth-order valence-electron chi connectivity index (χ4n) is 2.69. The number of ether oxygens (including phenoxy) is 1.